The van der Waals surface area contributed by atoms with Gasteiger partial charge in [0.05, 0.1) is 12.2 Å². The third-order valence-corrected chi connectivity index (χ3v) is 4.31. The van der Waals surface area contributed by atoms with E-state index in [0.717, 1.165) is 5.56 Å². The largest absolute Gasteiger partial charge is 0.459 e. The van der Waals surface area contributed by atoms with Gasteiger partial charge < -0.3 is 29.5 Å². The number of rotatable bonds is 6. The van der Waals surface area contributed by atoms with Crippen molar-refractivity contribution in [2.75, 3.05) is 6.61 Å². The second-order valence-corrected chi connectivity index (χ2v) is 6.28. The Bertz CT molecular complexity index is 722. The fourth-order valence-corrected chi connectivity index (χ4v) is 2.76. The fourth-order valence-electron chi connectivity index (χ4n) is 2.76. The highest BCUT2D eigenvalue weighted by molar-refractivity contribution is 5.89. The van der Waals surface area contributed by atoms with Gasteiger partial charge in [0.2, 0.25) is 0 Å². The summed E-state index contributed by atoms with van der Waals surface area (Å²) in [6, 6.07) is 17.6. The second-order valence-electron chi connectivity index (χ2n) is 6.28. The molecule has 7 heteroatoms. The van der Waals surface area contributed by atoms with Crippen LogP contribution in [0.15, 0.2) is 60.7 Å². The van der Waals surface area contributed by atoms with Crippen LogP contribution in [0.5, 0.6) is 0 Å². The van der Waals surface area contributed by atoms with Gasteiger partial charge in [-0.05, 0) is 17.7 Å². The molecule has 27 heavy (non-hydrogen) atoms. The van der Waals surface area contributed by atoms with Crippen LogP contribution in [0.3, 0.4) is 0 Å². The Labute approximate surface area is 156 Å². The zero-order valence-corrected chi connectivity index (χ0v) is 14.5. The number of ether oxygens (including phenoxy) is 3. The van der Waals surface area contributed by atoms with Crippen LogP contribution < -0.4 is 0 Å². The highest BCUT2D eigenvalue weighted by atomic mass is 16.7. The first-order valence-corrected chi connectivity index (χ1v) is 8.63. The van der Waals surface area contributed by atoms with Crippen LogP contribution in [0, 0.1) is 0 Å². The third-order valence-electron chi connectivity index (χ3n) is 4.31. The molecule has 1 fully saturated rings. The van der Waals surface area contributed by atoms with Crippen molar-refractivity contribution >= 4 is 5.97 Å². The normalized spacial score (nSPS) is 27.9. The molecule has 3 rings (SSSR count). The zero-order valence-electron chi connectivity index (χ0n) is 14.5. The standard InChI is InChI=1S/C20H22O7/c21-16-15(12-25-19(24)14-9-5-2-6-10-14)27-20(18(23)17(16)22)26-11-13-7-3-1-4-8-13/h1-10,15-18,20-23H,11-12H2/t15-,16+,17+,18-,20-/m1/s1. The molecule has 0 radical (unpaired) electrons. The molecule has 0 aliphatic carbocycles. The molecule has 0 aromatic heterocycles. The second kappa shape index (κ2) is 9.07. The lowest BCUT2D eigenvalue weighted by atomic mass is 9.99. The van der Waals surface area contributed by atoms with E-state index in [0.29, 0.717) is 5.56 Å². The lowest BCUT2D eigenvalue weighted by Gasteiger charge is -2.39. The minimum absolute atomic E-state index is 0.155. The number of hydrogen-bond donors (Lipinski definition) is 3. The molecule has 7 nitrogen and oxygen atoms in total. The Kier molecular flexibility index (Phi) is 6.54. The molecular formula is C20H22O7. The van der Waals surface area contributed by atoms with E-state index in [-0.39, 0.29) is 13.2 Å². The van der Waals surface area contributed by atoms with E-state index >= 15 is 0 Å². The average Bonchev–Trinajstić information content (AvgIpc) is 2.72. The summed E-state index contributed by atoms with van der Waals surface area (Å²) in [5.41, 5.74) is 1.22. The summed E-state index contributed by atoms with van der Waals surface area (Å²) < 4.78 is 16.2. The van der Waals surface area contributed by atoms with Crippen molar-refractivity contribution in [2.45, 2.75) is 37.3 Å². The third kappa shape index (κ3) is 4.91. The average molecular weight is 374 g/mol. The molecule has 0 amide bonds. The predicted octanol–water partition coefficient (Wildman–Crippen LogP) is 0.868. The summed E-state index contributed by atoms with van der Waals surface area (Å²) >= 11 is 0. The molecule has 2 aromatic carbocycles. The number of esters is 1. The maximum Gasteiger partial charge on any atom is 0.338 e. The minimum atomic E-state index is -1.49. The monoisotopic (exact) mass is 374 g/mol. The van der Waals surface area contributed by atoms with E-state index in [2.05, 4.69) is 0 Å². The molecule has 1 aliphatic heterocycles. The summed E-state index contributed by atoms with van der Waals surface area (Å²) in [6.07, 6.45) is -6.52. The van der Waals surface area contributed by atoms with Crippen LogP contribution in [0.4, 0.5) is 0 Å². The van der Waals surface area contributed by atoms with Gasteiger partial charge in [-0.2, -0.15) is 0 Å². The van der Waals surface area contributed by atoms with E-state index in [1.807, 2.05) is 30.3 Å². The number of aliphatic hydroxyl groups excluding tert-OH is 3. The lowest BCUT2D eigenvalue weighted by Crippen LogP contribution is -2.59. The van der Waals surface area contributed by atoms with E-state index in [4.69, 9.17) is 14.2 Å². The lowest BCUT2D eigenvalue weighted by molar-refractivity contribution is -0.303. The zero-order chi connectivity index (χ0) is 19.2. The number of aliphatic hydroxyl groups is 3. The highest BCUT2D eigenvalue weighted by Crippen LogP contribution is 2.23. The molecular weight excluding hydrogens is 352 g/mol. The quantitative estimate of drug-likeness (QED) is 0.644. The van der Waals surface area contributed by atoms with E-state index < -0.39 is 36.7 Å². The van der Waals surface area contributed by atoms with Gasteiger partial charge in [0.15, 0.2) is 6.29 Å². The molecule has 0 saturated carbocycles. The molecule has 2 aromatic rings. The Morgan fingerprint density at radius 1 is 0.889 bits per heavy atom. The predicted molar refractivity (Wildman–Crippen MR) is 94.6 cm³/mol. The molecule has 0 bridgehead atoms. The van der Waals surface area contributed by atoms with Gasteiger partial charge in [0, 0.05) is 0 Å². The topological polar surface area (TPSA) is 105 Å². The summed E-state index contributed by atoms with van der Waals surface area (Å²) in [5, 5.41) is 30.3. The van der Waals surface area contributed by atoms with Crippen molar-refractivity contribution < 1.29 is 34.3 Å². The van der Waals surface area contributed by atoms with Crippen LogP contribution in [-0.4, -0.2) is 58.6 Å². The minimum Gasteiger partial charge on any atom is -0.459 e. The highest BCUT2D eigenvalue weighted by Gasteiger charge is 2.44. The van der Waals surface area contributed by atoms with E-state index in [1.54, 1.807) is 30.3 Å². The molecule has 0 unspecified atom stereocenters. The van der Waals surface area contributed by atoms with Gasteiger partial charge in [0.25, 0.3) is 0 Å². The van der Waals surface area contributed by atoms with Crippen LogP contribution in [0.1, 0.15) is 15.9 Å². The summed E-state index contributed by atoms with van der Waals surface area (Å²) in [5.74, 6) is -0.575. The smallest absolute Gasteiger partial charge is 0.338 e. The van der Waals surface area contributed by atoms with Crippen molar-refractivity contribution in [1.82, 2.24) is 0 Å². The van der Waals surface area contributed by atoms with Gasteiger partial charge in [-0.15, -0.1) is 0 Å². The van der Waals surface area contributed by atoms with Crippen LogP contribution in [0.2, 0.25) is 0 Å². The molecule has 1 aliphatic rings. The molecule has 5 atom stereocenters. The van der Waals surface area contributed by atoms with Crippen molar-refractivity contribution in [2.24, 2.45) is 0 Å². The Balaban J connectivity index is 1.58. The SMILES string of the molecule is O=C(OC[C@H]1O[C@@H](OCc2ccccc2)[C@H](O)[C@@H](O)[C@H]1O)c1ccccc1. The number of benzene rings is 2. The molecule has 1 saturated heterocycles. The first-order valence-electron chi connectivity index (χ1n) is 8.63. The molecule has 0 spiro atoms. The molecule has 3 N–H and O–H groups in total. The van der Waals surface area contributed by atoms with Crippen molar-refractivity contribution in [1.29, 1.82) is 0 Å². The van der Waals surface area contributed by atoms with Gasteiger partial charge in [0.1, 0.15) is 31.0 Å². The Morgan fingerprint density at radius 2 is 1.52 bits per heavy atom. The number of carbonyl (C=O) groups is 1. The summed E-state index contributed by atoms with van der Waals surface area (Å²) in [4.78, 5) is 12.0. The van der Waals surface area contributed by atoms with Crippen molar-refractivity contribution in [3.05, 3.63) is 71.8 Å². The van der Waals surface area contributed by atoms with Gasteiger partial charge in [-0.3, -0.25) is 0 Å². The first kappa shape index (κ1) is 19.5. The maximum atomic E-state index is 12.0. The van der Waals surface area contributed by atoms with Crippen LogP contribution in [0.25, 0.3) is 0 Å². The van der Waals surface area contributed by atoms with E-state index in [1.165, 1.54) is 0 Å². The van der Waals surface area contributed by atoms with E-state index in [9.17, 15) is 20.1 Å². The molecule has 1 heterocycles. The number of carbonyl (C=O) groups excluding carboxylic acids is 1. The van der Waals surface area contributed by atoms with Gasteiger partial charge in [-0.1, -0.05) is 48.5 Å². The summed E-state index contributed by atoms with van der Waals surface area (Å²) in [7, 11) is 0. The Morgan fingerprint density at radius 3 is 2.19 bits per heavy atom. The van der Waals surface area contributed by atoms with Gasteiger partial charge >= 0.3 is 5.97 Å². The fraction of sp³-hybridized carbons (Fsp3) is 0.350. The van der Waals surface area contributed by atoms with Gasteiger partial charge in [-0.25, -0.2) is 4.79 Å². The van der Waals surface area contributed by atoms with Crippen molar-refractivity contribution in [3.63, 3.8) is 0 Å². The molecule has 144 valence electrons. The van der Waals surface area contributed by atoms with Crippen molar-refractivity contribution in [3.8, 4) is 0 Å². The van der Waals surface area contributed by atoms with Crippen LogP contribution in [-0.2, 0) is 20.8 Å². The summed E-state index contributed by atoms with van der Waals surface area (Å²) in [6.45, 7) is -0.133. The Hall–Kier alpha value is -2.29. The first-order chi connectivity index (χ1) is 13.1. The number of hydrogen-bond acceptors (Lipinski definition) is 7. The maximum absolute atomic E-state index is 12.0. The van der Waals surface area contributed by atoms with Crippen LogP contribution >= 0.6 is 0 Å².